The van der Waals surface area contributed by atoms with E-state index < -0.39 is 12.3 Å². The number of nitrogens with zero attached hydrogens (tertiary/aromatic N) is 2. The van der Waals surface area contributed by atoms with E-state index in [4.69, 9.17) is 5.11 Å². The van der Waals surface area contributed by atoms with Crippen molar-refractivity contribution >= 4 is 23.6 Å². The van der Waals surface area contributed by atoms with Gasteiger partial charge < -0.3 is 20.1 Å². The van der Waals surface area contributed by atoms with Gasteiger partial charge in [-0.3, -0.25) is 14.5 Å². The van der Waals surface area contributed by atoms with Crippen molar-refractivity contribution < 1.29 is 37.4 Å². The number of carbonyl (C=O) groups excluding carboxylic acids is 2. The quantitative estimate of drug-likeness (QED) is 0.369. The van der Waals surface area contributed by atoms with Crippen molar-refractivity contribution in [3.63, 3.8) is 0 Å². The summed E-state index contributed by atoms with van der Waals surface area (Å²) in [5.74, 6) is -1.16. The zero-order chi connectivity index (χ0) is 30.7. The SMILES string of the molecule is CC(C)(C)C1CCC2(CC1)CN(Cc1ccc(C(=O)NCCC(=O)O)cc1)C(=O)N(c1ccc(OC(F)(F)F)cc1)C2. The molecule has 0 radical (unpaired) electrons. The summed E-state index contributed by atoms with van der Waals surface area (Å²) >= 11 is 0. The Labute approximate surface area is 243 Å². The van der Waals surface area contributed by atoms with Crippen LogP contribution in [-0.4, -0.2) is 53.9 Å². The van der Waals surface area contributed by atoms with Gasteiger partial charge in [-0.2, -0.15) is 0 Å². The number of ether oxygens (including phenoxy) is 1. The molecule has 2 N–H and O–H groups in total. The van der Waals surface area contributed by atoms with Gasteiger partial charge in [0.05, 0.1) is 6.42 Å². The third-order valence-electron chi connectivity index (χ3n) is 8.39. The van der Waals surface area contributed by atoms with Crippen LogP contribution in [0.4, 0.5) is 23.7 Å². The minimum atomic E-state index is -4.80. The highest BCUT2D eigenvalue weighted by molar-refractivity contribution is 5.94. The number of anilines is 1. The summed E-state index contributed by atoms with van der Waals surface area (Å²) in [6, 6.07) is 12.0. The minimum Gasteiger partial charge on any atom is -0.481 e. The van der Waals surface area contributed by atoms with E-state index in [0.717, 1.165) is 31.2 Å². The van der Waals surface area contributed by atoms with Gasteiger partial charge in [0.25, 0.3) is 5.91 Å². The standard InChI is InChI=1S/C31H38F3N3O5/c1-29(2,3)23-12-15-30(16-13-23)19-36(18-21-4-6-22(7-5-21)27(40)35-17-14-26(38)39)28(41)37(20-30)24-8-10-25(11-9-24)42-31(32,33)34/h4-11,23H,12-20H2,1-3H3,(H,35,40)(H,38,39). The molecule has 8 nitrogen and oxygen atoms in total. The van der Waals surface area contributed by atoms with Crippen molar-refractivity contribution in [2.24, 2.45) is 16.7 Å². The molecule has 2 fully saturated rings. The lowest BCUT2D eigenvalue weighted by molar-refractivity contribution is -0.274. The number of urea groups is 1. The van der Waals surface area contributed by atoms with Crippen LogP contribution in [0.5, 0.6) is 5.75 Å². The molecule has 11 heteroatoms. The van der Waals surface area contributed by atoms with E-state index in [1.54, 1.807) is 34.1 Å². The Morgan fingerprint density at radius 3 is 2.17 bits per heavy atom. The summed E-state index contributed by atoms with van der Waals surface area (Å²) in [6.45, 7) is 8.11. The van der Waals surface area contributed by atoms with Crippen LogP contribution in [0.3, 0.4) is 0 Å². The smallest absolute Gasteiger partial charge is 0.481 e. The Bertz CT molecular complexity index is 1260. The predicted molar refractivity (Wildman–Crippen MR) is 151 cm³/mol. The highest BCUT2D eigenvalue weighted by atomic mass is 19.4. The molecule has 1 saturated carbocycles. The number of amides is 3. The maximum atomic E-state index is 13.8. The first-order valence-corrected chi connectivity index (χ1v) is 14.2. The highest BCUT2D eigenvalue weighted by Crippen LogP contribution is 2.48. The van der Waals surface area contributed by atoms with Crippen molar-refractivity contribution in [1.29, 1.82) is 0 Å². The summed E-state index contributed by atoms with van der Waals surface area (Å²) in [7, 11) is 0. The predicted octanol–water partition coefficient (Wildman–Crippen LogP) is 6.45. The van der Waals surface area contributed by atoms with Gasteiger partial charge in [-0.1, -0.05) is 32.9 Å². The molecule has 1 heterocycles. The van der Waals surface area contributed by atoms with Crippen LogP contribution in [0.2, 0.25) is 0 Å². The second kappa shape index (κ2) is 12.2. The lowest BCUT2D eigenvalue weighted by Gasteiger charge is -2.52. The van der Waals surface area contributed by atoms with Crippen molar-refractivity contribution in [1.82, 2.24) is 10.2 Å². The highest BCUT2D eigenvalue weighted by Gasteiger charge is 2.46. The van der Waals surface area contributed by atoms with Gasteiger partial charge in [0.15, 0.2) is 0 Å². The minimum absolute atomic E-state index is 0.0233. The van der Waals surface area contributed by atoms with Gasteiger partial charge in [-0.15, -0.1) is 13.2 Å². The number of halogens is 3. The van der Waals surface area contributed by atoms with Crippen LogP contribution in [-0.2, 0) is 11.3 Å². The molecule has 1 aliphatic heterocycles. The number of rotatable bonds is 8. The number of aliphatic carboxylic acids is 1. The Kier molecular flexibility index (Phi) is 9.08. The molecule has 1 spiro atoms. The first-order chi connectivity index (χ1) is 19.6. The van der Waals surface area contributed by atoms with E-state index in [0.29, 0.717) is 36.8 Å². The van der Waals surface area contributed by atoms with E-state index >= 15 is 0 Å². The van der Waals surface area contributed by atoms with Gasteiger partial charge in [0.2, 0.25) is 0 Å². The van der Waals surface area contributed by atoms with E-state index in [1.165, 1.54) is 24.3 Å². The molecular weight excluding hydrogens is 551 g/mol. The van der Waals surface area contributed by atoms with Crippen LogP contribution >= 0.6 is 0 Å². The Balaban J connectivity index is 1.53. The van der Waals surface area contributed by atoms with Crippen LogP contribution in [0, 0.1) is 16.7 Å². The largest absolute Gasteiger partial charge is 0.573 e. The molecule has 0 atom stereocenters. The zero-order valence-electron chi connectivity index (χ0n) is 24.2. The first-order valence-electron chi connectivity index (χ1n) is 14.2. The number of nitrogens with one attached hydrogen (secondary N) is 1. The van der Waals surface area contributed by atoms with Crippen molar-refractivity contribution in [2.45, 2.75) is 65.8 Å². The average molecular weight is 590 g/mol. The van der Waals surface area contributed by atoms with Gasteiger partial charge in [0.1, 0.15) is 5.75 Å². The summed E-state index contributed by atoms with van der Waals surface area (Å²) in [5, 5.41) is 11.3. The van der Waals surface area contributed by atoms with E-state index in [2.05, 4.69) is 30.8 Å². The monoisotopic (exact) mass is 589 g/mol. The van der Waals surface area contributed by atoms with Gasteiger partial charge in [-0.05, 0) is 79.0 Å². The van der Waals surface area contributed by atoms with E-state index in [1.807, 2.05) is 0 Å². The molecule has 42 heavy (non-hydrogen) atoms. The summed E-state index contributed by atoms with van der Waals surface area (Å²) in [5.41, 5.74) is 1.72. The van der Waals surface area contributed by atoms with Crippen LogP contribution in [0.25, 0.3) is 0 Å². The molecule has 0 unspecified atom stereocenters. The van der Waals surface area contributed by atoms with Crippen molar-refractivity contribution in [3.05, 3.63) is 59.7 Å². The average Bonchev–Trinajstić information content (AvgIpc) is 2.90. The molecule has 2 aromatic carbocycles. The Hall–Kier alpha value is -3.76. The molecule has 2 aliphatic rings. The van der Waals surface area contributed by atoms with Gasteiger partial charge >= 0.3 is 18.4 Å². The second-order valence-corrected chi connectivity index (χ2v) is 12.5. The lowest BCUT2D eigenvalue weighted by atomic mass is 9.63. The van der Waals surface area contributed by atoms with Gasteiger partial charge in [0, 0.05) is 42.8 Å². The summed E-state index contributed by atoms with van der Waals surface area (Å²) < 4.78 is 42.1. The molecular formula is C31H38F3N3O5. The fraction of sp³-hybridized carbons (Fsp3) is 0.516. The fourth-order valence-electron chi connectivity index (χ4n) is 6.03. The number of alkyl halides is 3. The molecule has 0 bridgehead atoms. The topological polar surface area (TPSA) is 99.2 Å². The lowest BCUT2D eigenvalue weighted by Crippen LogP contribution is -2.59. The first kappa shape index (κ1) is 31.2. The number of carbonyl (C=O) groups is 3. The Morgan fingerprint density at radius 1 is 1.00 bits per heavy atom. The molecule has 2 aromatic rings. The Morgan fingerprint density at radius 2 is 1.62 bits per heavy atom. The van der Waals surface area contributed by atoms with Crippen LogP contribution in [0.15, 0.2) is 48.5 Å². The number of hydrogen-bond donors (Lipinski definition) is 2. The van der Waals surface area contributed by atoms with Crippen molar-refractivity contribution in [2.75, 3.05) is 24.5 Å². The van der Waals surface area contributed by atoms with E-state index in [-0.39, 0.29) is 41.5 Å². The van der Waals surface area contributed by atoms with Crippen molar-refractivity contribution in [3.8, 4) is 5.75 Å². The van der Waals surface area contributed by atoms with E-state index in [9.17, 15) is 27.6 Å². The fourth-order valence-corrected chi connectivity index (χ4v) is 6.03. The zero-order valence-corrected chi connectivity index (χ0v) is 24.2. The number of carboxylic acids is 1. The molecule has 228 valence electrons. The number of hydrogen-bond acceptors (Lipinski definition) is 4. The normalized spacial score (nSPS) is 21.4. The maximum Gasteiger partial charge on any atom is 0.573 e. The number of benzene rings is 2. The van der Waals surface area contributed by atoms with Crippen LogP contribution in [0.1, 0.15) is 68.8 Å². The molecule has 3 amide bonds. The molecule has 1 aliphatic carbocycles. The van der Waals surface area contributed by atoms with Gasteiger partial charge in [-0.25, -0.2) is 4.79 Å². The summed E-state index contributed by atoms with van der Waals surface area (Å²) in [6.07, 6.45) is -1.05. The number of carboxylic acid groups (broad SMARTS) is 1. The molecule has 4 rings (SSSR count). The molecule has 1 saturated heterocycles. The second-order valence-electron chi connectivity index (χ2n) is 12.5. The molecule has 0 aromatic heterocycles. The maximum absolute atomic E-state index is 13.8. The third kappa shape index (κ3) is 7.95. The van der Waals surface area contributed by atoms with Crippen LogP contribution < -0.4 is 15.0 Å². The third-order valence-corrected chi connectivity index (χ3v) is 8.39. The summed E-state index contributed by atoms with van der Waals surface area (Å²) in [4.78, 5) is 40.2.